The van der Waals surface area contributed by atoms with Crippen LogP contribution >= 0.6 is 11.8 Å². The van der Waals surface area contributed by atoms with Gasteiger partial charge in [-0.2, -0.15) is 11.8 Å². The quantitative estimate of drug-likeness (QED) is 0.511. The molecule has 2 aliphatic carbocycles. The summed E-state index contributed by atoms with van der Waals surface area (Å²) in [7, 11) is 0. The Bertz CT molecular complexity index is 1030. The Hall–Kier alpha value is -2.20. The lowest BCUT2D eigenvalue weighted by molar-refractivity contribution is 0.0998. The van der Waals surface area contributed by atoms with E-state index < -0.39 is 0 Å². The van der Waals surface area contributed by atoms with E-state index in [1.165, 1.54) is 49.7 Å². The van der Waals surface area contributed by atoms with E-state index >= 15 is 0 Å². The fourth-order valence-electron chi connectivity index (χ4n) is 4.70. The first kappa shape index (κ1) is 18.8. The monoisotopic (exact) mass is 405 g/mol. The second-order valence-electron chi connectivity index (χ2n) is 8.27. The van der Waals surface area contributed by atoms with Crippen LogP contribution in [0.1, 0.15) is 65.8 Å². The number of nitrogens with one attached hydrogen (secondary N) is 1. The van der Waals surface area contributed by atoms with Gasteiger partial charge in [0.25, 0.3) is 5.91 Å². The van der Waals surface area contributed by atoms with Crippen molar-refractivity contribution in [2.45, 2.75) is 62.4 Å². The average molecular weight is 406 g/mol. The van der Waals surface area contributed by atoms with Crippen LogP contribution in [-0.4, -0.2) is 11.2 Å². The first-order chi connectivity index (χ1) is 14.3. The number of anilines is 1. The smallest absolute Gasteiger partial charge is 0.291 e. The minimum Gasteiger partial charge on any atom is -0.451 e. The second-order valence-corrected chi connectivity index (χ2v) is 9.56. The van der Waals surface area contributed by atoms with Crippen LogP contribution in [0.15, 0.2) is 46.9 Å². The number of furan rings is 1. The lowest BCUT2D eigenvalue weighted by Gasteiger charge is -2.20. The molecule has 3 nitrogen and oxygen atoms in total. The van der Waals surface area contributed by atoms with Gasteiger partial charge in [0.05, 0.1) is 0 Å². The molecule has 0 aliphatic heterocycles. The van der Waals surface area contributed by atoms with Crippen LogP contribution in [0.3, 0.4) is 0 Å². The predicted molar refractivity (Wildman–Crippen MR) is 121 cm³/mol. The fourth-order valence-corrected chi connectivity index (χ4v) is 6.05. The third-order valence-electron chi connectivity index (χ3n) is 6.28. The van der Waals surface area contributed by atoms with Gasteiger partial charge in [0.1, 0.15) is 5.58 Å². The van der Waals surface area contributed by atoms with E-state index in [-0.39, 0.29) is 5.91 Å². The van der Waals surface area contributed by atoms with Crippen molar-refractivity contribution in [1.29, 1.82) is 0 Å². The minimum atomic E-state index is -0.140. The average Bonchev–Trinajstić information content (AvgIpc) is 3.37. The van der Waals surface area contributed by atoms with Crippen molar-refractivity contribution in [3.05, 3.63) is 64.9 Å². The van der Waals surface area contributed by atoms with E-state index in [0.29, 0.717) is 11.0 Å². The van der Waals surface area contributed by atoms with Gasteiger partial charge < -0.3 is 9.73 Å². The molecule has 0 atom stereocenters. The van der Waals surface area contributed by atoms with Crippen LogP contribution in [-0.2, 0) is 18.6 Å². The molecule has 0 spiro atoms. The highest BCUT2D eigenvalue weighted by Crippen LogP contribution is 2.35. The minimum absolute atomic E-state index is 0.140. The number of thioether (sulfide) groups is 1. The summed E-state index contributed by atoms with van der Waals surface area (Å²) in [5.41, 5.74) is 5.47. The summed E-state index contributed by atoms with van der Waals surface area (Å²) in [4.78, 5) is 13.1. The molecule has 3 aromatic rings. The van der Waals surface area contributed by atoms with E-state index in [0.717, 1.165) is 40.8 Å². The number of hydrogen-bond acceptors (Lipinski definition) is 3. The van der Waals surface area contributed by atoms with Gasteiger partial charge in [-0.3, -0.25) is 4.79 Å². The normalized spacial score (nSPS) is 16.8. The molecule has 150 valence electrons. The van der Waals surface area contributed by atoms with Crippen molar-refractivity contribution in [1.82, 2.24) is 0 Å². The van der Waals surface area contributed by atoms with Crippen molar-refractivity contribution < 1.29 is 9.21 Å². The molecule has 1 saturated carbocycles. The van der Waals surface area contributed by atoms with Gasteiger partial charge in [-0.05, 0) is 61.4 Å². The highest BCUT2D eigenvalue weighted by Gasteiger charge is 2.23. The highest BCUT2D eigenvalue weighted by atomic mass is 32.2. The summed E-state index contributed by atoms with van der Waals surface area (Å²) in [6.45, 7) is 0. The largest absolute Gasteiger partial charge is 0.451 e. The number of carbonyl (C=O) groups is 1. The van der Waals surface area contributed by atoms with Crippen molar-refractivity contribution in [2.75, 3.05) is 5.32 Å². The number of amides is 1. The number of para-hydroxylation sites is 1. The summed E-state index contributed by atoms with van der Waals surface area (Å²) in [5.74, 6) is 1.16. The zero-order chi connectivity index (χ0) is 19.6. The lowest BCUT2D eigenvalue weighted by Crippen LogP contribution is -2.14. The summed E-state index contributed by atoms with van der Waals surface area (Å²) in [6.07, 6.45) is 10.1. The van der Waals surface area contributed by atoms with Gasteiger partial charge in [0.15, 0.2) is 5.76 Å². The maximum absolute atomic E-state index is 13.1. The number of carbonyl (C=O) groups excluding carboxylic acids is 1. The molecule has 0 radical (unpaired) electrons. The fraction of sp³-hybridized carbons (Fsp3) is 0.400. The number of hydrogen-bond donors (Lipinski definition) is 1. The van der Waals surface area contributed by atoms with Crippen LogP contribution < -0.4 is 5.32 Å². The Morgan fingerprint density at radius 3 is 2.72 bits per heavy atom. The van der Waals surface area contributed by atoms with Crippen LogP contribution in [0.5, 0.6) is 0 Å². The van der Waals surface area contributed by atoms with E-state index in [1.807, 2.05) is 36.0 Å². The van der Waals surface area contributed by atoms with Crippen molar-refractivity contribution in [3.63, 3.8) is 0 Å². The predicted octanol–water partition coefficient (Wildman–Crippen LogP) is 6.74. The summed E-state index contributed by atoms with van der Waals surface area (Å²) < 4.78 is 6.04. The number of aryl methyl sites for hydroxylation is 2. The lowest BCUT2D eigenvalue weighted by atomic mass is 10.0. The molecule has 0 bridgehead atoms. The molecule has 0 saturated heterocycles. The molecule has 0 unspecified atom stereocenters. The molecule has 1 N–H and O–H groups in total. The third-order valence-corrected chi connectivity index (χ3v) is 7.67. The standard InChI is InChI=1S/C25H27NO2S/c27-25(26-19-14-13-17-7-6-8-18(17)15-19)24-22(16-29-20-9-2-1-3-10-20)21-11-4-5-12-23(21)28-24/h4-5,11-15,20H,1-3,6-10,16H2,(H,26,27). The van der Waals surface area contributed by atoms with E-state index in [4.69, 9.17) is 4.42 Å². The molecule has 2 aliphatic rings. The zero-order valence-corrected chi connectivity index (χ0v) is 17.5. The number of benzene rings is 2. The van der Waals surface area contributed by atoms with Crippen LogP contribution in [0.4, 0.5) is 5.69 Å². The first-order valence-electron chi connectivity index (χ1n) is 10.8. The zero-order valence-electron chi connectivity index (χ0n) is 16.7. The molecule has 1 amide bonds. The van der Waals surface area contributed by atoms with Gasteiger partial charge in [0.2, 0.25) is 0 Å². The van der Waals surface area contributed by atoms with Gasteiger partial charge in [-0.25, -0.2) is 0 Å². The molecule has 1 heterocycles. The Labute approximate surface area is 176 Å². The number of fused-ring (bicyclic) bond motifs is 2. The van der Waals surface area contributed by atoms with E-state index in [9.17, 15) is 4.79 Å². The molecule has 5 rings (SSSR count). The highest BCUT2D eigenvalue weighted by molar-refractivity contribution is 7.99. The van der Waals surface area contributed by atoms with E-state index in [2.05, 4.69) is 23.5 Å². The van der Waals surface area contributed by atoms with Crippen LogP contribution in [0.25, 0.3) is 11.0 Å². The summed E-state index contributed by atoms with van der Waals surface area (Å²) >= 11 is 1.98. The Balaban J connectivity index is 1.40. The van der Waals surface area contributed by atoms with Gasteiger partial charge >= 0.3 is 0 Å². The maximum Gasteiger partial charge on any atom is 0.291 e. The van der Waals surface area contributed by atoms with Crippen molar-refractivity contribution >= 4 is 34.3 Å². The topological polar surface area (TPSA) is 42.2 Å². The number of rotatable bonds is 5. The molecule has 4 heteroatoms. The summed E-state index contributed by atoms with van der Waals surface area (Å²) in [5, 5.41) is 4.85. The molecule has 1 aromatic heterocycles. The first-order valence-corrected chi connectivity index (χ1v) is 11.9. The van der Waals surface area contributed by atoms with Crippen molar-refractivity contribution in [2.24, 2.45) is 0 Å². The third kappa shape index (κ3) is 3.95. The van der Waals surface area contributed by atoms with Crippen LogP contribution in [0.2, 0.25) is 0 Å². The van der Waals surface area contributed by atoms with Crippen molar-refractivity contribution in [3.8, 4) is 0 Å². The van der Waals surface area contributed by atoms with Gasteiger partial charge in [-0.1, -0.05) is 43.5 Å². The molecular weight excluding hydrogens is 378 g/mol. The SMILES string of the molecule is O=C(Nc1ccc2c(c1)CCC2)c1oc2ccccc2c1CSC1CCCCC1. The Morgan fingerprint density at radius 1 is 1.00 bits per heavy atom. The van der Waals surface area contributed by atoms with Gasteiger partial charge in [-0.15, -0.1) is 0 Å². The maximum atomic E-state index is 13.1. The summed E-state index contributed by atoms with van der Waals surface area (Å²) in [6, 6.07) is 14.3. The Kier molecular flexibility index (Phi) is 5.36. The molecular formula is C25H27NO2S. The van der Waals surface area contributed by atoms with Gasteiger partial charge in [0, 0.05) is 27.6 Å². The Morgan fingerprint density at radius 2 is 1.83 bits per heavy atom. The molecule has 29 heavy (non-hydrogen) atoms. The molecule has 2 aromatic carbocycles. The second kappa shape index (κ2) is 8.27. The molecule has 1 fully saturated rings. The van der Waals surface area contributed by atoms with E-state index in [1.54, 1.807) is 0 Å². The van der Waals surface area contributed by atoms with Crippen LogP contribution in [0, 0.1) is 0 Å².